The molecule has 3 amide bonds. The molecular formula is C14H16FN3O2. The van der Waals surface area contributed by atoms with Crippen molar-refractivity contribution in [3.8, 4) is 0 Å². The van der Waals surface area contributed by atoms with Crippen molar-refractivity contribution in [1.29, 1.82) is 0 Å². The van der Waals surface area contributed by atoms with Gasteiger partial charge in [0.15, 0.2) is 0 Å². The third kappa shape index (κ3) is 2.33. The fraction of sp³-hybridized carbons (Fsp3) is 0.429. The lowest BCUT2D eigenvalue weighted by Gasteiger charge is -2.31. The van der Waals surface area contributed by atoms with Crippen molar-refractivity contribution < 1.29 is 14.0 Å². The molecule has 1 N–H and O–H groups in total. The van der Waals surface area contributed by atoms with Crippen molar-refractivity contribution in [2.24, 2.45) is 0 Å². The molecule has 2 aliphatic rings. The normalized spacial score (nSPS) is 17.9. The molecule has 0 unspecified atom stereocenters. The maximum absolute atomic E-state index is 13.4. The smallest absolute Gasteiger partial charge is 0.324 e. The van der Waals surface area contributed by atoms with Gasteiger partial charge in [-0.05, 0) is 30.5 Å². The number of carbonyl (C=O) groups is 2. The molecule has 0 saturated carbocycles. The van der Waals surface area contributed by atoms with Crippen LogP contribution in [0.25, 0.3) is 0 Å². The number of fused-ring (bicyclic) bond motifs is 1. The summed E-state index contributed by atoms with van der Waals surface area (Å²) in [6.45, 7) is 1.72. The van der Waals surface area contributed by atoms with Crippen molar-refractivity contribution in [2.45, 2.75) is 12.8 Å². The lowest BCUT2D eigenvalue weighted by atomic mass is 10.0. The Hall–Kier alpha value is -2.11. The van der Waals surface area contributed by atoms with Gasteiger partial charge in [-0.25, -0.2) is 9.18 Å². The van der Waals surface area contributed by atoms with Crippen LogP contribution >= 0.6 is 0 Å². The van der Waals surface area contributed by atoms with E-state index in [0.29, 0.717) is 19.6 Å². The average molecular weight is 277 g/mol. The second-order valence-corrected chi connectivity index (χ2v) is 5.08. The van der Waals surface area contributed by atoms with Gasteiger partial charge in [0.1, 0.15) is 5.82 Å². The molecule has 0 bridgehead atoms. The molecule has 1 saturated heterocycles. The number of nitrogens with one attached hydrogen (secondary N) is 1. The predicted molar refractivity (Wildman–Crippen MR) is 72.0 cm³/mol. The van der Waals surface area contributed by atoms with E-state index in [-0.39, 0.29) is 24.3 Å². The summed E-state index contributed by atoms with van der Waals surface area (Å²) in [6, 6.07) is 4.33. The zero-order valence-corrected chi connectivity index (χ0v) is 11.1. The number of hydrogen-bond acceptors (Lipinski definition) is 3. The van der Waals surface area contributed by atoms with Gasteiger partial charge in [0, 0.05) is 25.3 Å². The number of aryl methyl sites for hydroxylation is 1. The number of rotatable bonds is 2. The molecule has 5 nitrogen and oxygen atoms in total. The van der Waals surface area contributed by atoms with E-state index in [1.54, 1.807) is 6.07 Å². The summed E-state index contributed by atoms with van der Waals surface area (Å²) in [7, 11) is 0. The molecule has 20 heavy (non-hydrogen) atoms. The second kappa shape index (κ2) is 5.11. The van der Waals surface area contributed by atoms with E-state index in [1.807, 2.05) is 4.90 Å². The van der Waals surface area contributed by atoms with E-state index < -0.39 is 0 Å². The summed E-state index contributed by atoms with van der Waals surface area (Å²) in [6.07, 6.45) is 1.82. The maximum Gasteiger partial charge on any atom is 0.324 e. The quantitative estimate of drug-likeness (QED) is 0.881. The maximum atomic E-state index is 13.4. The van der Waals surface area contributed by atoms with Gasteiger partial charge in [0.05, 0.1) is 6.54 Å². The summed E-state index contributed by atoms with van der Waals surface area (Å²) in [5.74, 6) is -0.542. The Morgan fingerprint density at radius 2 is 2.20 bits per heavy atom. The van der Waals surface area contributed by atoms with Gasteiger partial charge in [-0.2, -0.15) is 0 Å². The lowest BCUT2D eigenvalue weighted by Crippen LogP contribution is -2.43. The lowest BCUT2D eigenvalue weighted by molar-refractivity contribution is -0.126. The molecule has 6 heteroatoms. The third-order valence-corrected chi connectivity index (χ3v) is 3.75. The van der Waals surface area contributed by atoms with Crippen LogP contribution in [0, 0.1) is 5.82 Å². The number of urea groups is 1. The van der Waals surface area contributed by atoms with E-state index in [4.69, 9.17) is 0 Å². The summed E-state index contributed by atoms with van der Waals surface area (Å²) in [4.78, 5) is 26.7. The Labute approximate surface area is 116 Å². The SMILES string of the molecule is O=C(CN1CCCc2ccc(F)cc21)N1CCNC1=O. The molecule has 2 heterocycles. The van der Waals surface area contributed by atoms with Gasteiger partial charge in [0.25, 0.3) is 0 Å². The second-order valence-electron chi connectivity index (χ2n) is 5.08. The van der Waals surface area contributed by atoms with Crippen LogP contribution < -0.4 is 10.2 Å². The van der Waals surface area contributed by atoms with Crippen molar-refractivity contribution in [2.75, 3.05) is 31.1 Å². The number of carbonyl (C=O) groups excluding carboxylic acids is 2. The van der Waals surface area contributed by atoms with Crippen LogP contribution in [0.4, 0.5) is 14.9 Å². The van der Waals surface area contributed by atoms with Crippen LogP contribution in [0.2, 0.25) is 0 Å². The first-order valence-electron chi connectivity index (χ1n) is 6.77. The molecule has 0 aromatic heterocycles. The van der Waals surface area contributed by atoms with E-state index in [1.165, 1.54) is 17.0 Å². The van der Waals surface area contributed by atoms with Crippen LogP contribution in [0.15, 0.2) is 18.2 Å². The summed E-state index contributed by atoms with van der Waals surface area (Å²) < 4.78 is 13.4. The largest absolute Gasteiger partial charge is 0.362 e. The minimum atomic E-state index is -0.341. The minimum absolute atomic E-state index is 0.115. The molecule has 1 aromatic rings. The van der Waals surface area contributed by atoms with Gasteiger partial charge >= 0.3 is 6.03 Å². The number of imide groups is 1. The zero-order chi connectivity index (χ0) is 14.1. The van der Waals surface area contributed by atoms with Gasteiger partial charge in [-0.15, -0.1) is 0 Å². The van der Waals surface area contributed by atoms with Crippen LogP contribution in [0.1, 0.15) is 12.0 Å². The van der Waals surface area contributed by atoms with Crippen LogP contribution in [0.3, 0.4) is 0 Å². The van der Waals surface area contributed by atoms with Gasteiger partial charge < -0.3 is 10.2 Å². The average Bonchev–Trinajstić information content (AvgIpc) is 2.86. The Kier molecular flexibility index (Phi) is 3.30. The van der Waals surface area contributed by atoms with Gasteiger partial charge in [0.2, 0.25) is 5.91 Å². The Balaban J connectivity index is 1.77. The highest BCUT2D eigenvalue weighted by Gasteiger charge is 2.28. The van der Waals surface area contributed by atoms with Crippen molar-refractivity contribution >= 4 is 17.6 Å². The number of anilines is 1. The number of halogens is 1. The summed E-state index contributed by atoms with van der Waals surface area (Å²) in [5, 5.41) is 2.60. The molecule has 0 radical (unpaired) electrons. The van der Waals surface area contributed by atoms with Crippen LogP contribution in [0.5, 0.6) is 0 Å². The molecule has 0 spiro atoms. The molecule has 106 valence electrons. The van der Waals surface area contributed by atoms with Crippen LogP contribution in [-0.4, -0.2) is 43.0 Å². The highest BCUT2D eigenvalue weighted by atomic mass is 19.1. The van der Waals surface area contributed by atoms with E-state index >= 15 is 0 Å². The first-order valence-corrected chi connectivity index (χ1v) is 6.77. The van der Waals surface area contributed by atoms with Crippen LogP contribution in [-0.2, 0) is 11.2 Å². The summed E-state index contributed by atoms with van der Waals surface area (Å²) >= 11 is 0. The Morgan fingerprint density at radius 1 is 1.35 bits per heavy atom. The Bertz CT molecular complexity index is 561. The first kappa shape index (κ1) is 12.9. The van der Waals surface area contributed by atoms with E-state index in [0.717, 1.165) is 24.1 Å². The van der Waals surface area contributed by atoms with Crippen molar-refractivity contribution in [3.63, 3.8) is 0 Å². The number of nitrogens with zero attached hydrogens (tertiary/aromatic N) is 2. The van der Waals surface area contributed by atoms with E-state index in [9.17, 15) is 14.0 Å². The molecule has 1 aromatic carbocycles. The highest BCUT2D eigenvalue weighted by molar-refractivity contribution is 5.97. The molecule has 3 rings (SSSR count). The number of benzene rings is 1. The van der Waals surface area contributed by atoms with Gasteiger partial charge in [-0.1, -0.05) is 6.07 Å². The van der Waals surface area contributed by atoms with Gasteiger partial charge in [-0.3, -0.25) is 9.69 Å². The molecule has 1 fully saturated rings. The topological polar surface area (TPSA) is 52.7 Å². The molecular weight excluding hydrogens is 261 g/mol. The summed E-state index contributed by atoms with van der Waals surface area (Å²) in [5.41, 5.74) is 1.82. The van der Waals surface area contributed by atoms with Crippen molar-refractivity contribution in [1.82, 2.24) is 10.2 Å². The monoisotopic (exact) mass is 277 g/mol. The van der Waals surface area contributed by atoms with Crippen molar-refractivity contribution in [3.05, 3.63) is 29.6 Å². The molecule has 2 aliphatic heterocycles. The standard InChI is InChI=1S/C14H16FN3O2/c15-11-4-3-10-2-1-6-17(12(10)8-11)9-13(19)18-7-5-16-14(18)20/h3-4,8H,1-2,5-7,9H2,(H,16,20). The highest BCUT2D eigenvalue weighted by Crippen LogP contribution is 2.27. The Morgan fingerprint density at radius 3 is 2.95 bits per heavy atom. The molecule has 0 aliphatic carbocycles. The van der Waals surface area contributed by atoms with E-state index in [2.05, 4.69) is 5.32 Å². The number of hydrogen-bond donors (Lipinski definition) is 1. The third-order valence-electron chi connectivity index (χ3n) is 3.75. The predicted octanol–water partition coefficient (Wildman–Crippen LogP) is 1.13. The number of amides is 3. The zero-order valence-electron chi connectivity index (χ0n) is 11.1. The fourth-order valence-corrected chi connectivity index (χ4v) is 2.75. The molecule has 0 atom stereocenters. The minimum Gasteiger partial charge on any atom is -0.362 e. The first-order chi connectivity index (χ1) is 9.65. The fourth-order valence-electron chi connectivity index (χ4n) is 2.75.